The molecule has 0 unspecified atom stereocenters. The first-order chi connectivity index (χ1) is 29.3. The first-order valence-electron chi connectivity index (χ1n) is 22.7. The monoisotopic (exact) mass is 895 g/mol. The Morgan fingerprint density at radius 1 is 0.667 bits per heavy atom. The maximum atomic E-state index is 8.67. The number of fused-ring (bicyclic) bond motifs is 5. The molecule has 1 radical (unpaired) electrons. The van der Waals surface area contributed by atoms with E-state index < -0.39 is 37.3 Å². The minimum absolute atomic E-state index is 0. The molecule has 0 N–H and O–H groups in total. The molecule has 275 valence electrons. The molecule has 54 heavy (non-hydrogen) atoms. The van der Waals surface area contributed by atoms with E-state index in [1.807, 2.05) is 108 Å². The second-order valence-electron chi connectivity index (χ2n) is 15.2. The van der Waals surface area contributed by atoms with Crippen LogP contribution in [0.1, 0.15) is 77.5 Å². The first kappa shape index (κ1) is 27.7. The number of aryl methyl sites for hydroxylation is 2. The normalized spacial score (nSPS) is 15.4. The van der Waals surface area contributed by atoms with Gasteiger partial charge in [0.2, 0.25) is 0 Å². The van der Waals surface area contributed by atoms with Gasteiger partial charge in [-0.2, -0.15) is 0 Å². The van der Waals surface area contributed by atoms with Crippen molar-refractivity contribution in [2.75, 3.05) is 0 Å². The van der Waals surface area contributed by atoms with Crippen LogP contribution in [0.5, 0.6) is 0 Å². The van der Waals surface area contributed by atoms with Gasteiger partial charge in [0.1, 0.15) is 5.58 Å². The summed E-state index contributed by atoms with van der Waals surface area (Å²) in [6.45, 7) is 6.53. The predicted molar refractivity (Wildman–Crippen MR) is 223 cm³/mol. The van der Waals surface area contributed by atoms with Gasteiger partial charge in [-0.15, -0.1) is 47.0 Å². The second-order valence-corrected chi connectivity index (χ2v) is 15.2. The van der Waals surface area contributed by atoms with Crippen LogP contribution in [0.15, 0.2) is 126 Å². The number of benzene rings is 5. The molecule has 0 aliphatic rings. The Bertz CT molecular complexity index is 2940. The third kappa shape index (κ3) is 8.73. The van der Waals surface area contributed by atoms with E-state index in [9.17, 15) is 0 Å². The summed E-state index contributed by atoms with van der Waals surface area (Å²) in [5.41, 5.74) is 4.93. The van der Waals surface area contributed by atoms with Gasteiger partial charge in [-0.05, 0) is 57.5 Å². The summed E-state index contributed by atoms with van der Waals surface area (Å²) in [6, 6.07) is 38.8. The Morgan fingerprint density at radius 3 is 2.11 bits per heavy atom. The first-order valence-corrected chi connectivity index (χ1v) is 17.7. The molecule has 0 atom stereocenters. The Hall–Kier alpha value is -4.89. The van der Waals surface area contributed by atoms with Gasteiger partial charge in [-0.25, -0.2) is 0 Å². The van der Waals surface area contributed by atoms with Crippen molar-refractivity contribution in [1.29, 1.82) is 0 Å². The molecule has 0 amide bonds. The van der Waals surface area contributed by atoms with Gasteiger partial charge in [-0.1, -0.05) is 162 Å². The molecule has 0 aliphatic heterocycles. The van der Waals surface area contributed by atoms with E-state index in [0.717, 1.165) is 21.7 Å². The molecule has 3 heterocycles. The topological polar surface area (TPSA) is 38.9 Å². The summed E-state index contributed by atoms with van der Waals surface area (Å²) in [4.78, 5) is 8.92. The number of hydrogen-bond acceptors (Lipinski definition) is 3. The molecule has 0 saturated carbocycles. The van der Waals surface area contributed by atoms with Crippen LogP contribution in [-0.2, 0) is 32.9 Å². The van der Waals surface area contributed by atoms with Crippen molar-refractivity contribution >= 4 is 32.7 Å². The standard InChI is InChI=1S/C27H24NO.C23H24N.Ir/c1-17-9-11-21(23-15-18(13-14-28-23)16-27(2,3)4)26-24(17)22-12-10-19-7-5-6-8-20(19)25(22)29-26;1-17-10-12-20(14-21(17)19-8-6-5-7-9-19)22-13-11-18(16-24-22)15-23(2,3)4;/h5-10,12-15H,16H2,1-4H3;5-11,13-14,16H,15H2,1-4H3;/q2*-1;/i1D3,16D2;1D3,15D2;. The summed E-state index contributed by atoms with van der Waals surface area (Å²) in [5, 5.41) is 3.12. The molecular weight excluding hydrogens is 837 g/mol. The summed E-state index contributed by atoms with van der Waals surface area (Å²) >= 11 is 0. The molecular formula is C50H48IrN2O-2. The van der Waals surface area contributed by atoms with Crippen molar-refractivity contribution in [3.63, 3.8) is 0 Å². The van der Waals surface area contributed by atoms with Crippen LogP contribution in [0.2, 0.25) is 0 Å². The zero-order valence-electron chi connectivity index (χ0n) is 41.2. The van der Waals surface area contributed by atoms with Crippen molar-refractivity contribution < 1.29 is 38.2 Å². The Morgan fingerprint density at radius 2 is 1.39 bits per heavy atom. The summed E-state index contributed by atoms with van der Waals surface area (Å²) < 4.78 is 88.3. The average molecular weight is 895 g/mol. The molecule has 0 fully saturated rings. The van der Waals surface area contributed by atoms with Crippen molar-refractivity contribution in [3.05, 3.63) is 156 Å². The minimum atomic E-state index is -2.35. The summed E-state index contributed by atoms with van der Waals surface area (Å²) in [6.07, 6.45) is -0.00695. The number of rotatable bonds is 5. The summed E-state index contributed by atoms with van der Waals surface area (Å²) in [5.74, 6) is 0. The number of furan rings is 1. The van der Waals surface area contributed by atoms with Gasteiger partial charge in [0.15, 0.2) is 0 Å². The van der Waals surface area contributed by atoms with Crippen molar-refractivity contribution in [2.24, 2.45) is 10.8 Å². The predicted octanol–water partition coefficient (Wildman–Crippen LogP) is 13.6. The van der Waals surface area contributed by atoms with Crippen LogP contribution in [-0.4, -0.2) is 9.97 Å². The van der Waals surface area contributed by atoms with Crippen LogP contribution >= 0.6 is 0 Å². The van der Waals surface area contributed by atoms with E-state index in [-0.39, 0.29) is 31.2 Å². The Balaban J connectivity index is 0.000000212. The quantitative estimate of drug-likeness (QED) is 0.162. The number of hydrogen-bond donors (Lipinski definition) is 0. The molecule has 3 nitrogen and oxygen atoms in total. The van der Waals surface area contributed by atoms with Gasteiger partial charge >= 0.3 is 0 Å². The van der Waals surface area contributed by atoms with E-state index in [1.165, 1.54) is 12.1 Å². The zero-order chi connectivity index (χ0) is 45.9. The van der Waals surface area contributed by atoms with Crippen molar-refractivity contribution in [2.45, 2.75) is 68.0 Å². The van der Waals surface area contributed by atoms with E-state index in [1.54, 1.807) is 42.7 Å². The average Bonchev–Trinajstić information content (AvgIpc) is 3.62. The molecule has 0 bridgehead atoms. The fraction of sp³-hybridized carbons (Fsp3) is 0.240. The van der Waals surface area contributed by atoms with Crippen LogP contribution in [0, 0.1) is 36.7 Å². The van der Waals surface area contributed by atoms with E-state index in [4.69, 9.17) is 18.1 Å². The van der Waals surface area contributed by atoms with Gasteiger partial charge in [0.05, 0.1) is 5.58 Å². The van der Waals surface area contributed by atoms with E-state index in [2.05, 4.69) is 22.1 Å². The maximum Gasteiger partial charge on any atom is 0.128 e. The number of aromatic nitrogens is 2. The number of pyridine rings is 2. The van der Waals surface area contributed by atoms with Gasteiger partial charge in [-0.3, -0.25) is 0 Å². The molecule has 5 aromatic carbocycles. The van der Waals surface area contributed by atoms with Crippen LogP contribution in [0.3, 0.4) is 0 Å². The van der Waals surface area contributed by atoms with Crippen LogP contribution in [0.25, 0.3) is 66.4 Å². The van der Waals surface area contributed by atoms with E-state index >= 15 is 0 Å². The van der Waals surface area contributed by atoms with Gasteiger partial charge < -0.3 is 14.4 Å². The molecule has 0 saturated heterocycles. The fourth-order valence-corrected chi connectivity index (χ4v) is 6.38. The third-order valence-electron chi connectivity index (χ3n) is 8.57. The molecule has 0 spiro atoms. The fourth-order valence-electron chi connectivity index (χ4n) is 6.38. The SMILES string of the molecule is [2H]C([2H])([2H])c1c[c-]c(-c2cc(C([2H])([2H])C(C)(C)C)ccn2)c2oc3c4ccccc4ccc3c12.[2H]C([2H])([2H])c1c[c-]c(-c2ccc(C([2H])([2H])C(C)(C)C)cn2)cc1-c1ccccc1.[Ir]. The maximum absolute atomic E-state index is 8.67. The Kier molecular flexibility index (Phi) is 8.11. The third-order valence-corrected chi connectivity index (χ3v) is 8.57. The van der Waals surface area contributed by atoms with Gasteiger partial charge in [0, 0.05) is 57.0 Å². The number of nitrogens with zero attached hydrogens (tertiary/aromatic N) is 2. The Labute approximate surface area is 348 Å². The van der Waals surface area contributed by atoms with Crippen LogP contribution in [0.4, 0.5) is 0 Å². The summed E-state index contributed by atoms with van der Waals surface area (Å²) in [7, 11) is 0. The van der Waals surface area contributed by atoms with E-state index in [0.29, 0.717) is 55.8 Å². The molecule has 4 heteroatoms. The van der Waals surface area contributed by atoms with Crippen molar-refractivity contribution in [1.82, 2.24) is 9.97 Å². The molecule has 3 aromatic heterocycles. The van der Waals surface area contributed by atoms with Gasteiger partial charge in [0.25, 0.3) is 0 Å². The molecule has 8 aromatic rings. The molecule has 8 rings (SSSR count). The van der Waals surface area contributed by atoms with Crippen molar-refractivity contribution in [3.8, 4) is 33.6 Å². The molecule has 0 aliphatic carbocycles. The second kappa shape index (κ2) is 15.8. The smallest absolute Gasteiger partial charge is 0.128 e. The van der Waals surface area contributed by atoms with Crippen LogP contribution < -0.4 is 0 Å². The zero-order valence-corrected chi connectivity index (χ0v) is 33.6. The minimum Gasteiger partial charge on any atom is -0.500 e. The largest absolute Gasteiger partial charge is 0.500 e.